The van der Waals surface area contributed by atoms with Crippen LogP contribution in [0, 0.1) is 0 Å². The summed E-state index contributed by atoms with van der Waals surface area (Å²) >= 11 is 3.38. The average Bonchev–Trinajstić information content (AvgIpc) is 2.32. The number of nitrogens with zero attached hydrogens (tertiary/aromatic N) is 1. The Morgan fingerprint density at radius 2 is 2.24 bits per heavy atom. The SMILES string of the molecule is CCC(C)(CBr)NC(=O)c1ccn(C)c(=O)c1. The van der Waals surface area contributed by atoms with E-state index in [1.54, 1.807) is 19.3 Å². The molecule has 1 N–H and O–H groups in total. The van der Waals surface area contributed by atoms with E-state index in [9.17, 15) is 9.59 Å². The van der Waals surface area contributed by atoms with Gasteiger partial charge in [-0.15, -0.1) is 0 Å². The molecule has 0 saturated heterocycles. The van der Waals surface area contributed by atoms with Crippen molar-refractivity contribution in [1.82, 2.24) is 9.88 Å². The van der Waals surface area contributed by atoms with Crippen LogP contribution in [0.1, 0.15) is 30.6 Å². The van der Waals surface area contributed by atoms with Gasteiger partial charge in [-0.3, -0.25) is 9.59 Å². The Hall–Kier alpha value is -1.10. The molecule has 1 heterocycles. The van der Waals surface area contributed by atoms with Gasteiger partial charge in [0.25, 0.3) is 11.5 Å². The van der Waals surface area contributed by atoms with Gasteiger partial charge in [0.1, 0.15) is 0 Å². The first-order valence-corrected chi connectivity index (χ1v) is 6.59. The third kappa shape index (κ3) is 3.43. The summed E-state index contributed by atoms with van der Waals surface area (Å²) in [6.07, 6.45) is 2.41. The number of alkyl halides is 1. The van der Waals surface area contributed by atoms with Crippen LogP contribution in [0.15, 0.2) is 23.1 Å². The molecule has 0 fully saturated rings. The number of carbonyl (C=O) groups is 1. The lowest BCUT2D eigenvalue weighted by atomic mass is 10.0. The number of carbonyl (C=O) groups excluding carboxylic acids is 1. The van der Waals surface area contributed by atoms with Crippen LogP contribution in [-0.4, -0.2) is 21.3 Å². The Bertz CT molecular complexity index is 464. The minimum Gasteiger partial charge on any atom is -0.346 e. The molecule has 1 rings (SSSR count). The number of pyridine rings is 1. The minimum absolute atomic E-state index is 0.185. The Morgan fingerprint density at radius 1 is 1.59 bits per heavy atom. The summed E-state index contributed by atoms with van der Waals surface area (Å²) in [6.45, 7) is 3.96. The highest BCUT2D eigenvalue weighted by molar-refractivity contribution is 9.09. The Morgan fingerprint density at radius 3 is 2.71 bits per heavy atom. The molecule has 0 aliphatic heterocycles. The van der Waals surface area contributed by atoms with E-state index in [2.05, 4.69) is 21.2 Å². The van der Waals surface area contributed by atoms with E-state index in [0.29, 0.717) is 10.9 Å². The molecule has 94 valence electrons. The van der Waals surface area contributed by atoms with E-state index in [1.165, 1.54) is 10.6 Å². The summed E-state index contributed by atoms with van der Waals surface area (Å²) in [5.41, 5.74) is -0.0820. The van der Waals surface area contributed by atoms with Gasteiger partial charge in [0, 0.05) is 35.7 Å². The molecule has 0 aliphatic rings. The van der Waals surface area contributed by atoms with Crippen molar-refractivity contribution in [1.29, 1.82) is 0 Å². The lowest BCUT2D eigenvalue weighted by Crippen LogP contribution is -2.47. The molecule has 1 aromatic rings. The molecular formula is C12H17BrN2O2. The first-order valence-electron chi connectivity index (χ1n) is 5.47. The van der Waals surface area contributed by atoms with E-state index in [-0.39, 0.29) is 17.0 Å². The molecular weight excluding hydrogens is 284 g/mol. The van der Waals surface area contributed by atoms with Crippen LogP contribution in [-0.2, 0) is 7.05 Å². The third-order valence-electron chi connectivity index (χ3n) is 2.86. The predicted octanol–water partition coefficient (Wildman–Crippen LogP) is 1.68. The monoisotopic (exact) mass is 300 g/mol. The van der Waals surface area contributed by atoms with Crippen molar-refractivity contribution in [3.63, 3.8) is 0 Å². The van der Waals surface area contributed by atoms with Crippen LogP contribution < -0.4 is 10.9 Å². The molecule has 1 amide bonds. The first-order chi connectivity index (χ1) is 7.91. The highest BCUT2D eigenvalue weighted by atomic mass is 79.9. The lowest BCUT2D eigenvalue weighted by Gasteiger charge is -2.27. The maximum atomic E-state index is 12.0. The molecule has 0 saturated carbocycles. The molecule has 0 bridgehead atoms. The van der Waals surface area contributed by atoms with Gasteiger partial charge in [0.05, 0.1) is 0 Å². The Labute approximate surface area is 109 Å². The first kappa shape index (κ1) is 14.0. The molecule has 0 aromatic carbocycles. The van der Waals surface area contributed by atoms with Crippen molar-refractivity contribution in [3.8, 4) is 0 Å². The summed E-state index contributed by atoms with van der Waals surface area (Å²) in [7, 11) is 1.65. The van der Waals surface area contributed by atoms with E-state index in [4.69, 9.17) is 0 Å². The highest BCUT2D eigenvalue weighted by Crippen LogP contribution is 2.13. The molecule has 0 aliphatic carbocycles. The van der Waals surface area contributed by atoms with Gasteiger partial charge >= 0.3 is 0 Å². The number of amides is 1. The summed E-state index contributed by atoms with van der Waals surface area (Å²) in [4.78, 5) is 23.4. The second-order valence-electron chi connectivity index (χ2n) is 4.37. The third-order valence-corrected chi connectivity index (χ3v) is 4.09. The Kier molecular flexibility index (Phi) is 4.51. The molecule has 4 nitrogen and oxygen atoms in total. The van der Waals surface area contributed by atoms with Gasteiger partial charge in [0.2, 0.25) is 0 Å². The minimum atomic E-state index is -0.293. The molecule has 1 atom stereocenters. The van der Waals surface area contributed by atoms with Crippen LogP contribution in [0.5, 0.6) is 0 Å². The van der Waals surface area contributed by atoms with Crippen molar-refractivity contribution >= 4 is 21.8 Å². The van der Waals surface area contributed by atoms with Gasteiger partial charge in [-0.2, -0.15) is 0 Å². The number of aromatic nitrogens is 1. The van der Waals surface area contributed by atoms with Gasteiger partial charge < -0.3 is 9.88 Å². The zero-order chi connectivity index (χ0) is 13.1. The Balaban J connectivity index is 2.90. The normalized spacial score (nSPS) is 14.1. The van der Waals surface area contributed by atoms with Crippen molar-refractivity contribution in [2.24, 2.45) is 7.05 Å². The summed E-state index contributed by atoms with van der Waals surface area (Å²) in [5.74, 6) is -0.216. The van der Waals surface area contributed by atoms with Crippen LogP contribution in [0.3, 0.4) is 0 Å². The number of hydrogen-bond acceptors (Lipinski definition) is 2. The summed E-state index contributed by atoms with van der Waals surface area (Å²) in [6, 6.07) is 2.99. The molecule has 17 heavy (non-hydrogen) atoms. The maximum absolute atomic E-state index is 12.0. The van der Waals surface area contributed by atoms with Crippen molar-refractivity contribution in [3.05, 3.63) is 34.2 Å². The van der Waals surface area contributed by atoms with E-state index < -0.39 is 0 Å². The van der Waals surface area contributed by atoms with E-state index in [1.807, 2.05) is 13.8 Å². The number of hydrogen-bond donors (Lipinski definition) is 1. The highest BCUT2D eigenvalue weighted by Gasteiger charge is 2.23. The number of aryl methyl sites for hydroxylation is 1. The molecule has 1 unspecified atom stereocenters. The fraction of sp³-hybridized carbons (Fsp3) is 0.500. The second kappa shape index (κ2) is 5.49. The van der Waals surface area contributed by atoms with Crippen LogP contribution in [0.2, 0.25) is 0 Å². The summed E-state index contributed by atoms with van der Waals surface area (Å²) < 4.78 is 1.43. The van der Waals surface area contributed by atoms with E-state index in [0.717, 1.165) is 6.42 Å². The van der Waals surface area contributed by atoms with E-state index >= 15 is 0 Å². The van der Waals surface area contributed by atoms with Crippen molar-refractivity contribution in [2.45, 2.75) is 25.8 Å². The molecule has 5 heteroatoms. The lowest BCUT2D eigenvalue weighted by molar-refractivity contribution is 0.0913. The number of halogens is 1. The van der Waals surface area contributed by atoms with Crippen LogP contribution in [0.4, 0.5) is 0 Å². The summed E-state index contributed by atoms with van der Waals surface area (Å²) in [5, 5.41) is 3.60. The molecule has 1 aromatic heterocycles. The quantitative estimate of drug-likeness (QED) is 0.860. The standard InChI is InChI=1S/C12H17BrN2O2/c1-4-12(2,8-13)14-11(17)9-5-6-15(3)10(16)7-9/h5-7H,4,8H2,1-3H3,(H,14,17). The van der Waals surface area contributed by atoms with Gasteiger partial charge in [0.15, 0.2) is 0 Å². The van der Waals surface area contributed by atoms with Crippen LogP contribution >= 0.6 is 15.9 Å². The second-order valence-corrected chi connectivity index (χ2v) is 4.93. The maximum Gasteiger partial charge on any atom is 0.251 e. The largest absolute Gasteiger partial charge is 0.346 e. The zero-order valence-corrected chi connectivity index (χ0v) is 11.9. The van der Waals surface area contributed by atoms with Crippen LogP contribution in [0.25, 0.3) is 0 Å². The van der Waals surface area contributed by atoms with Crippen molar-refractivity contribution in [2.75, 3.05) is 5.33 Å². The number of rotatable bonds is 4. The smallest absolute Gasteiger partial charge is 0.251 e. The van der Waals surface area contributed by atoms with Gasteiger partial charge in [-0.1, -0.05) is 22.9 Å². The molecule has 0 spiro atoms. The van der Waals surface area contributed by atoms with Crippen molar-refractivity contribution < 1.29 is 4.79 Å². The number of nitrogens with one attached hydrogen (secondary N) is 1. The van der Waals surface area contributed by atoms with Gasteiger partial charge in [-0.25, -0.2) is 0 Å². The van der Waals surface area contributed by atoms with Gasteiger partial charge in [-0.05, 0) is 19.4 Å². The zero-order valence-electron chi connectivity index (χ0n) is 10.3. The fourth-order valence-electron chi connectivity index (χ4n) is 1.25. The fourth-order valence-corrected chi connectivity index (χ4v) is 1.79. The average molecular weight is 301 g/mol. The predicted molar refractivity (Wildman–Crippen MR) is 71.6 cm³/mol. The molecule has 0 radical (unpaired) electrons. The topological polar surface area (TPSA) is 51.1 Å².